The zero-order valence-corrected chi connectivity index (χ0v) is 16.2. The molecule has 8 heteroatoms. The summed E-state index contributed by atoms with van der Waals surface area (Å²) < 4.78 is 5.61. The summed E-state index contributed by atoms with van der Waals surface area (Å²) in [5, 5.41) is 2.93. The number of carbonyl (C=O) groups excluding carboxylic acids is 1. The lowest BCUT2D eigenvalue weighted by molar-refractivity contribution is 0.0746. The molecule has 1 aliphatic rings. The molecular formula is C22H20N6O2. The Bertz CT molecular complexity index is 1120. The number of hydrogen-bond acceptors (Lipinski definition) is 7. The smallest absolute Gasteiger partial charge is 0.302 e. The van der Waals surface area contributed by atoms with Gasteiger partial charge in [0, 0.05) is 44.3 Å². The molecule has 150 valence electrons. The van der Waals surface area contributed by atoms with Gasteiger partial charge in [-0.1, -0.05) is 30.3 Å². The monoisotopic (exact) mass is 400 g/mol. The fraction of sp³-hybridized carbons (Fsp3) is 0.182. The number of benzene rings is 2. The Morgan fingerprint density at radius 3 is 2.33 bits per heavy atom. The van der Waals surface area contributed by atoms with Crippen LogP contribution in [-0.2, 0) is 0 Å². The number of oxazole rings is 1. The maximum absolute atomic E-state index is 12.8. The molecule has 0 bridgehead atoms. The molecule has 1 aliphatic heterocycles. The van der Waals surface area contributed by atoms with E-state index in [1.807, 2.05) is 47.4 Å². The second-order valence-corrected chi connectivity index (χ2v) is 7.02. The number of rotatable bonds is 4. The van der Waals surface area contributed by atoms with Crippen molar-refractivity contribution in [3.63, 3.8) is 0 Å². The molecule has 0 atom stereocenters. The van der Waals surface area contributed by atoms with E-state index in [0.717, 1.165) is 18.6 Å². The predicted octanol–water partition coefficient (Wildman–Crippen LogP) is 3.32. The zero-order chi connectivity index (χ0) is 20.3. The topological polar surface area (TPSA) is 87.4 Å². The Labute approximate surface area is 173 Å². The first-order valence-electron chi connectivity index (χ1n) is 9.80. The number of aromatic nitrogens is 3. The molecule has 0 spiro atoms. The highest BCUT2D eigenvalue weighted by atomic mass is 16.4. The maximum atomic E-state index is 12.8. The van der Waals surface area contributed by atoms with Crippen LogP contribution in [0.25, 0.3) is 11.1 Å². The van der Waals surface area contributed by atoms with Crippen molar-refractivity contribution in [2.24, 2.45) is 0 Å². The van der Waals surface area contributed by atoms with E-state index < -0.39 is 0 Å². The molecule has 1 amide bonds. The van der Waals surface area contributed by atoms with Crippen molar-refractivity contribution in [1.29, 1.82) is 0 Å². The van der Waals surface area contributed by atoms with Gasteiger partial charge in [0.25, 0.3) is 5.91 Å². The molecule has 0 saturated carbocycles. The number of carbonyl (C=O) groups is 1. The summed E-state index contributed by atoms with van der Waals surface area (Å²) >= 11 is 0. The molecule has 2 aromatic heterocycles. The summed E-state index contributed by atoms with van der Waals surface area (Å²) in [6, 6.07) is 18.0. The zero-order valence-electron chi connectivity index (χ0n) is 16.2. The molecule has 1 N–H and O–H groups in total. The van der Waals surface area contributed by atoms with E-state index in [0.29, 0.717) is 36.2 Å². The van der Waals surface area contributed by atoms with Gasteiger partial charge in [0.05, 0.1) is 5.56 Å². The molecule has 0 unspecified atom stereocenters. The molecule has 8 nitrogen and oxygen atoms in total. The van der Waals surface area contributed by atoms with Gasteiger partial charge in [0.2, 0.25) is 5.95 Å². The van der Waals surface area contributed by atoms with Crippen LogP contribution in [0.15, 0.2) is 71.4 Å². The van der Waals surface area contributed by atoms with Crippen molar-refractivity contribution in [3.05, 3.63) is 72.6 Å². The van der Waals surface area contributed by atoms with Gasteiger partial charge in [-0.05, 0) is 24.3 Å². The van der Waals surface area contributed by atoms with Gasteiger partial charge in [0.15, 0.2) is 5.58 Å². The van der Waals surface area contributed by atoms with Crippen LogP contribution in [0.4, 0.5) is 17.7 Å². The number of hydrogen-bond donors (Lipinski definition) is 1. The quantitative estimate of drug-likeness (QED) is 0.562. The van der Waals surface area contributed by atoms with Gasteiger partial charge in [-0.15, -0.1) is 0 Å². The van der Waals surface area contributed by atoms with E-state index in [1.54, 1.807) is 0 Å². The first kappa shape index (κ1) is 18.1. The average molecular weight is 400 g/mol. The Morgan fingerprint density at radius 1 is 0.900 bits per heavy atom. The van der Waals surface area contributed by atoms with Crippen LogP contribution in [0, 0.1) is 0 Å². The van der Waals surface area contributed by atoms with Crippen LogP contribution in [-0.4, -0.2) is 51.9 Å². The molecule has 30 heavy (non-hydrogen) atoms. The van der Waals surface area contributed by atoms with E-state index in [-0.39, 0.29) is 5.91 Å². The van der Waals surface area contributed by atoms with Crippen LogP contribution >= 0.6 is 0 Å². The summed E-state index contributed by atoms with van der Waals surface area (Å²) in [5.74, 6) is 0.267. The third-order valence-corrected chi connectivity index (χ3v) is 5.10. The van der Waals surface area contributed by atoms with E-state index in [1.165, 1.54) is 18.1 Å². The second-order valence-electron chi connectivity index (χ2n) is 7.02. The molecule has 0 aliphatic carbocycles. The molecule has 3 heterocycles. The van der Waals surface area contributed by atoms with Crippen molar-refractivity contribution >= 4 is 34.7 Å². The SMILES string of the molecule is O=C(c1cnc(Nc2nc3ccccc3o2)nc1)N1CCN(c2ccccc2)CC1. The highest BCUT2D eigenvalue weighted by molar-refractivity contribution is 5.94. The number of fused-ring (bicyclic) bond motifs is 1. The average Bonchev–Trinajstić information content (AvgIpc) is 3.22. The maximum Gasteiger partial charge on any atom is 0.302 e. The van der Waals surface area contributed by atoms with Crippen molar-refractivity contribution < 1.29 is 9.21 Å². The van der Waals surface area contributed by atoms with Gasteiger partial charge < -0.3 is 14.2 Å². The highest BCUT2D eigenvalue weighted by Crippen LogP contribution is 2.20. The normalized spacial score (nSPS) is 14.1. The largest absolute Gasteiger partial charge is 0.423 e. The highest BCUT2D eigenvalue weighted by Gasteiger charge is 2.23. The summed E-state index contributed by atoms with van der Waals surface area (Å²) in [6.45, 7) is 2.93. The second kappa shape index (κ2) is 7.82. The van der Waals surface area contributed by atoms with Gasteiger partial charge in [-0.2, -0.15) is 4.98 Å². The Kier molecular flexibility index (Phi) is 4.72. The third-order valence-electron chi connectivity index (χ3n) is 5.10. The molecule has 4 aromatic rings. The summed E-state index contributed by atoms with van der Waals surface area (Å²) in [6.07, 6.45) is 3.06. The minimum Gasteiger partial charge on any atom is -0.423 e. The van der Waals surface area contributed by atoms with Gasteiger partial charge in [-0.25, -0.2) is 9.97 Å². The van der Waals surface area contributed by atoms with Crippen LogP contribution in [0.1, 0.15) is 10.4 Å². The van der Waals surface area contributed by atoms with Crippen LogP contribution in [0.2, 0.25) is 0 Å². The molecule has 1 fully saturated rings. The van der Waals surface area contributed by atoms with Crippen LogP contribution in [0.5, 0.6) is 0 Å². The van der Waals surface area contributed by atoms with Crippen LogP contribution < -0.4 is 10.2 Å². The van der Waals surface area contributed by atoms with Gasteiger partial charge in [0.1, 0.15) is 5.52 Å². The van der Waals surface area contributed by atoms with Gasteiger partial charge >= 0.3 is 6.01 Å². The minimum atomic E-state index is -0.0591. The number of nitrogens with zero attached hydrogens (tertiary/aromatic N) is 5. The lowest BCUT2D eigenvalue weighted by Crippen LogP contribution is -2.48. The first-order chi connectivity index (χ1) is 14.8. The molecule has 0 radical (unpaired) electrons. The van der Waals surface area contributed by atoms with Crippen LogP contribution in [0.3, 0.4) is 0 Å². The molecule has 5 rings (SSSR count). The van der Waals surface area contributed by atoms with Crippen molar-refractivity contribution in [2.75, 3.05) is 36.4 Å². The number of amides is 1. The number of piperazine rings is 1. The third kappa shape index (κ3) is 3.67. The van der Waals surface area contributed by atoms with E-state index in [4.69, 9.17) is 4.42 Å². The Balaban J connectivity index is 1.21. The number of nitrogens with one attached hydrogen (secondary N) is 1. The Morgan fingerprint density at radius 2 is 1.60 bits per heavy atom. The summed E-state index contributed by atoms with van der Waals surface area (Å²) in [5.41, 5.74) is 3.08. The summed E-state index contributed by atoms with van der Waals surface area (Å²) in [7, 11) is 0. The lowest BCUT2D eigenvalue weighted by atomic mass is 10.2. The van der Waals surface area contributed by atoms with Crippen molar-refractivity contribution in [2.45, 2.75) is 0 Å². The fourth-order valence-electron chi connectivity index (χ4n) is 3.51. The summed E-state index contributed by atoms with van der Waals surface area (Å²) in [4.78, 5) is 29.7. The Hall–Kier alpha value is -3.94. The number of para-hydroxylation sites is 3. The van der Waals surface area contributed by atoms with E-state index >= 15 is 0 Å². The van der Waals surface area contributed by atoms with Crippen molar-refractivity contribution in [1.82, 2.24) is 19.9 Å². The molecular weight excluding hydrogens is 380 g/mol. The lowest BCUT2D eigenvalue weighted by Gasteiger charge is -2.36. The van der Waals surface area contributed by atoms with E-state index in [2.05, 4.69) is 37.3 Å². The molecule has 2 aromatic carbocycles. The van der Waals surface area contributed by atoms with Crippen molar-refractivity contribution in [3.8, 4) is 0 Å². The first-order valence-corrected chi connectivity index (χ1v) is 9.80. The van der Waals surface area contributed by atoms with Gasteiger partial charge in [-0.3, -0.25) is 10.1 Å². The van der Waals surface area contributed by atoms with E-state index in [9.17, 15) is 4.79 Å². The fourth-order valence-corrected chi connectivity index (χ4v) is 3.51. The minimum absolute atomic E-state index is 0.0591. The molecule has 1 saturated heterocycles. The standard InChI is InChI=1S/C22H20N6O2/c29-20(28-12-10-27(11-13-28)17-6-2-1-3-7-17)16-14-23-21(24-15-16)26-22-25-18-8-4-5-9-19(18)30-22/h1-9,14-15H,10-13H2,(H,23,24,25,26). The number of anilines is 3. The predicted molar refractivity (Wildman–Crippen MR) is 114 cm³/mol.